The molecule has 0 spiro atoms. The van der Waals surface area contributed by atoms with E-state index < -0.39 is 0 Å². The van der Waals surface area contributed by atoms with Gasteiger partial charge in [0.25, 0.3) is 5.24 Å². The third-order valence-electron chi connectivity index (χ3n) is 0.829. The molecule has 0 aromatic heterocycles. The largest absolute Gasteiger partial charge is 0.344 e. The van der Waals surface area contributed by atoms with Crippen molar-refractivity contribution in [3.8, 4) is 0 Å². The summed E-state index contributed by atoms with van der Waals surface area (Å²) in [5.74, 6) is 0.929. The standard InChI is InChI=1S/C4H7NOS.H2/c1-3-2-7-4(6)5-3;/h3H,2H2,1H3,(H,5,6);1H. The zero-order valence-electron chi connectivity index (χ0n) is 4.10. The van der Waals surface area contributed by atoms with Gasteiger partial charge in [-0.15, -0.1) is 0 Å². The Morgan fingerprint density at radius 1 is 2.14 bits per heavy atom. The van der Waals surface area contributed by atoms with Crippen molar-refractivity contribution in [2.75, 3.05) is 5.75 Å². The Balaban J connectivity index is 0.000000490. The van der Waals surface area contributed by atoms with Gasteiger partial charge in [0, 0.05) is 13.2 Å². The van der Waals surface area contributed by atoms with Gasteiger partial charge in [-0.05, 0) is 6.92 Å². The van der Waals surface area contributed by atoms with E-state index in [1.807, 2.05) is 6.92 Å². The van der Waals surface area contributed by atoms with Gasteiger partial charge in [0.2, 0.25) is 0 Å². The lowest BCUT2D eigenvalue weighted by Crippen LogP contribution is -2.21. The van der Waals surface area contributed by atoms with Crippen LogP contribution in [-0.2, 0) is 0 Å². The summed E-state index contributed by atoms with van der Waals surface area (Å²) in [7, 11) is 0. The van der Waals surface area contributed by atoms with Crippen LogP contribution in [-0.4, -0.2) is 17.0 Å². The van der Waals surface area contributed by atoms with Crippen LogP contribution in [0, 0.1) is 0 Å². The molecule has 0 aromatic carbocycles. The topological polar surface area (TPSA) is 29.1 Å². The van der Waals surface area contributed by atoms with Crippen molar-refractivity contribution in [3.63, 3.8) is 0 Å². The minimum atomic E-state index is 0. The SMILES string of the molecule is CC1CSC(=O)N1.[HH]. The van der Waals surface area contributed by atoms with Crippen LogP contribution in [0.1, 0.15) is 8.35 Å². The maximum absolute atomic E-state index is 10.3. The van der Waals surface area contributed by atoms with Crippen LogP contribution < -0.4 is 5.32 Å². The molecule has 1 aliphatic rings. The first-order valence-electron chi connectivity index (χ1n) is 2.22. The van der Waals surface area contributed by atoms with Gasteiger partial charge in [-0.25, -0.2) is 0 Å². The van der Waals surface area contributed by atoms with E-state index in [1.165, 1.54) is 11.8 Å². The number of rotatable bonds is 0. The molecule has 0 aromatic rings. The van der Waals surface area contributed by atoms with Gasteiger partial charge in [-0.3, -0.25) is 4.79 Å². The molecule has 3 heteroatoms. The maximum Gasteiger partial charge on any atom is 0.279 e. The van der Waals surface area contributed by atoms with Crippen LogP contribution in [0.3, 0.4) is 0 Å². The van der Waals surface area contributed by atoms with E-state index in [4.69, 9.17) is 0 Å². The van der Waals surface area contributed by atoms with Gasteiger partial charge in [0.05, 0.1) is 0 Å². The first-order valence-corrected chi connectivity index (χ1v) is 3.21. The molecule has 1 unspecified atom stereocenters. The highest BCUT2D eigenvalue weighted by molar-refractivity contribution is 8.13. The van der Waals surface area contributed by atoms with Crippen LogP contribution >= 0.6 is 11.8 Å². The third-order valence-corrected chi connectivity index (χ3v) is 1.88. The van der Waals surface area contributed by atoms with Crippen LogP contribution in [0.25, 0.3) is 0 Å². The number of thioether (sulfide) groups is 1. The van der Waals surface area contributed by atoms with Gasteiger partial charge in [0.15, 0.2) is 0 Å². The van der Waals surface area contributed by atoms with Crippen molar-refractivity contribution in [1.29, 1.82) is 0 Å². The molecule has 1 rings (SSSR count). The minimum absolute atomic E-state index is 0. The summed E-state index contributed by atoms with van der Waals surface area (Å²) < 4.78 is 0. The predicted molar refractivity (Wildman–Crippen MR) is 32.6 cm³/mol. The van der Waals surface area contributed by atoms with E-state index in [2.05, 4.69) is 5.32 Å². The lowest BCUT2D eigenvalue weighted by molar-refractivity contribution is 0.260. The first-order chi connectivity index (χ1) is 3.29. The first kappa shape index (κ1) is 4.97. The van der Waals surface area contributed by atoms with Crippen molar-refractivity contribution in [1.82, 2.24) is 5.32 Å². The molecule has 0 bridgehead atoms. The molecule has 0 aliphatic carbocycles. The Labute approximate surface area is 48.1 Å². The molecule has 42 valence electrons. The summed E-state index contributed by atoms with van der Waals surface area (Å²) in [6.07, 6.45) is 0. The van der Waals surface area contributed by atoms with Crippen molar-refractivity contribution in [2.24, 2.45) is 0 Å². The summed E-state index contributed by atoms with van der Waals surface area (Å²) in [5.41, 5.74) is 0. The quantitative estimate of drug-likeness (QED) is 0.517. The van der Waals surface area contributed by atoms with Crippen LogP contribution in [0.5, 0.6) is 0 Å². The highest BCUT2D eigenvalue weighted by atomic mass is 32.2. The van der Waals surface area contributed by atoms with E-state index in [0.29, 0.717) is 6.04 Å². The number of hydrogen-bond acceptors (Lipinski definition) is 2. The average molecular weight is 119 g/mol. The van der Waals surface area contributed by atoms with Crippen molar-refractivity contribution < 1.29 is 6.22 Å². The van der Waals surface area contributed by atoms with Gasteiger partial charge in [-0.2, -0.15) is 0 Å². The van der Waals surface area contributed by atoms with Crippen LogP contribution in [0.2, 0.25) is 0 Å². The molecule has 1 aliphatic heterocycles. The molecule has 7 heavy (non-hydrogen) atoms. The number of amides is 1. The fraction of sp³-hybridized carbons (Fsp3) is 0.750. The monoisotopic (exact) mass is 119 g/mol. The zero-order chi connectivity index (χ0) is 5.28. The molecule has 1 N–H and O–H groups in total. The summed E-state index contributed by atoms with van der Waals surface area (Å²) in [6.45, 7) is 2.00. The molecular formula is C4H9NOS. The lowest BCUT2D eigenvalue weighted by atomic mass is 10.4. The molecule has 0 radical (unpaired) electrons. The molecule has 1 amide bonds. The molecule has 2 nitrogen and oxygen atoms in total. The van der Waals surface area contributed by atoms with Gasteiger partial charge in [-0.1, -0.05) is 11.8 Å². The second-order valence-electron chi connectivity index (χ2n) is 1.64. The predicted octanol–water partition coefficient (Wildman–Crippen LogP) is 1.08. The minimum Gasteiger partial charge on any atom is -0.344 e. The van der Waals surface area contributed by atoms with Gasteiger partial charge >= 0.3 is 0 Å². The highest BCUT2D eigenvalue weighted by Gasteiger charge is 2.15. The van der Waals surface area contributed by atoms with E-state index >= 15 is 0 Å². The van der Waals surface area contributed by atoms with Crippen LogP contribution in [0.4, 0.5) is 4.79 Å². The number of hydrogen-bond donors (Lipinski definition) is 1. The highest BCUT2D eigenvalue weighted by Crippen LogP contribution is 2.11. The summed E-state index contributed by atoms with van der Waals surface area (Å²) in [6, 6.07) is 0.387. The molecule has 1 saturated heterocycles. The molecule has 1 heterocycles. The van der Waals surface area contributed by atoms with E-state index in [0.717, 1.165) is 5.75 Å². The zero-order valence-corrected chi connectivity index (χ0v) is 4.92. The fourth-order valence-electron chi connectivity index (χ4n) is 0.485. The number of carbonyl (C=O) groups is 1. The Hall–Kier alpha value is -0.180. The van der Waals surface area contributed by atoms with Crippen molar-refractivity contribution in [3.05, 3.63) is 0 Å². The summed E-state index contributed by atoms with van der Waals surface area (Å²) in [5, 5.41) is 2.86. The Kier molecular flexibility index (Phi) is 1.23. The summed E-state index contributed by atoms with van der Waals surface area (Å²) >= 11 is 1.36. The fourth-order valence-corrected chi connectivity index (χ4v) is 1.25. The second kappa shape index (κ2) is 1.74. The number of nitrogens with one attached hydrogen (secondary N) is 1. The Morgan fingerprint density at radius 2 is 2.86 bits per heavy atom. The maximum atomic E-state index is 10.3. The molecular weight excluding hydrogens is 110 g/mol. The molecule has 0 saturated carbocycles. The molecule has 1 fully saturated rings. The van der Waals surface area contributed by atoms with E-state index in [1.54, 1.807) is 0 Å². The van der Waals surface area contributed by atoms with Crippen molar-refractivity contribution >= 4 is 17.0 Å². The van der Waals surface area contributed by atoms with E-state index in [9.17, 15) is 4.79 Å². The van der Waals surface area contributed by atoms with Crippen LogP contribution in [0.15, 0.2) is 0 Å². The van der Waals surface area contributed by atoms with Crippen molar-refractivity contribution in [2.45, 2.75) is 13.0 Å². The van der Waals surface area contributed by atoms with E-state index in [-0.39, 0.29) is 6.67 Å². The Morgan fingerprint density at radius 3 is 3.00 bits per heavy atom. The lowest BCUT2D eigenvalue weighted by Gasteiger charge is -1.94. The van der Waals surface area contributed by atoms with Gasteiger partial charge < -0.3 is 5.32 Å². The number of carbonyl (C=O) groups excluding carboxylic acids is 1. The average Bonchev–Trinajstić information content (AvgIpc) is 1.87. The Bertz CT molecular complexity index is 98.0. The van der Waals surface area contributed by atoms with Gasteiger partial charge in [0.1, 0.15) is 0 Å². The normalized spacial score (nSPS) is 30.4. The summed E-state index contributed by atoms with van der Waals surface area (Å²) in [4.78, 5) is 10.3. The second-order valence-corrected chi connectivity index (χ2v) is 2.64. The third kappa shape index (κ3) is 1.09. The molecule has 1 atom stereocenters. The smallest absolute Gasteiger partial charge is 0.279 e.